The van der Waals surface area contributed by atoms with E-state index >= 15 is 0 Å². The van der Waals surface area contributed by atoms with Crippen LogP contribution in [-0.2, 0) is 22.1 Å². The predicted octanol–water partition coefficient (Wildman–Crippen LogP) is 4.32. The minimum atomic E-state index is -4.62. The van der Waals surface area contributed by atoms with Crippen molar-refractivity contribution in [2.75, 3.05) is 10.6 Å². The van der Waals surface area contributed by atoms with E-state index in [2.05, 4.69) is 31.8 Å². The molecule has 1 amide bonds. The van der Waals surface area contributed by atoms with E-state index in [0.29, 0.717) is 23.0 Å². The predicted molar refractivity (Wildman–Crippen MR) is 126 cm³/mol. The highest BCUT2D eigenvalue weighted by molar-refractivity contribution is 5.80. The average Bonchev–Trinajstić information content (AvgIpc) is 3.56. The maximum Gasteiger partial charge on any atom is 0.421 e. The molecular weight excluding hydrogens is 479 g/mol. The minimum absolute atomic E-state index is 0.0640. The van der Waals surface area contributed by atoms with E-state index in [-0.39, 0.29) is 24.2 Å². The van der Waals surface area contributed by atoms with E-state index in [0.717, 1.165) is 12.8 Å². The molecular formula is C24H26F3N5O4. The lowest BCUT2D eigenvalue weighted by molar-refractivity contribution is -0.139. The molecule has 9 nitrogen and oxygen atoms in total. The first-order chi connectivity index (χ1) is 16.7. The average molecular weight is 505 g/mol. The molecule has 1 heterocycles. The van der Waals surface area contributed by atoms with Crippen molar-refractivity contribution >= 4 is 29.5 Å². The number of halogens is 3. The Labute approximate surface area is 205 Å². The summed E-state index contributed by atoms with van der Waals surface area (Å²) >= 11 is 0. The van der Waals surface area contributed by atoms with Crippen molar-refractivity contribution in [1.29, 1.82) is 0 Å². The first-order valence-electron chi connectivity index (χ1n) is 11.0. The van der Waals surface area contributed by atoms with Crippen molar-refractivity contribution < 1.29 is 32.6 Å². The van der Waals surface area contributed by atoms with Crippen LogP contribution < -0.4 is 16.0 Å². The number of nitrogens with one attached hydrogen (secondary N) is 3. The molecule has 1 unspecified atom stereocenters. The van der Waals surface area contributed by atoms with Crippen molar-refractivity contribution in [2.45, 2.75) is 63.9 Å². The number of alkyl carbamates (subject to hydrolysis) is 1. The molecule has 0 spiro atoms. The maximum absolute atomic E-state index is 13.3. The van der Waals surface area contributed by atoms with E-state index in [1.807, 2.05) is 0 Å². The summed E-state index contributed by atoms with van der Waals surface area (Å²) in [5.41, 5.74) is -0.628. The summed E-state index contributed by atoms with van der Waals surface area (Å²) in [6, 6.07) is 3.29. The van der Waals surface area contributed by atoms with Gasteiger partial charge in [0.05, 0.1) is 5.69 Å². The van der Waals surface area contributed by atoms with Gasteiger partial charge in [-0.15, -0.1) is 6.42 Å². The first kappa shape index (κ1) is 26.6. The highest BCUT2D eigenvalue weighted by Gasteiger charge is 2.37. The van der Waals surface area contributed by atoms with Crippen LogP contribution in [0.5, 0.6) is 0 Å². The Morgan fingerprint density at radius 3 is 2.53 bits per heavy atom. The van der Waals surface area contributed by atoms with Crippen molar-refractivity contribution in [1.82, 2.24) is 15.3 Å². The van der Waals surface area contributed by atoms with E-state index in [1.165, 1.54) is 12.1 Å². The topological polar surface area (TPSA) is 125 Å². The van der Waals surface area contributed by atoms with Gasteiger partial charge in [0.2, 0.25) is 5.95 Å². The zero-order valence-electron chi connectivity index (χ0n) is 19.9. The summed E-state index contributed by atoms with van der Waals surface area (Å²) in [6.07, 6.45) is 2.24. The Kier molecular flexibility index (Phi) is 7.62. The molecule has 0 radical (unpaired) electrons. The van der Waals surface area contributed by atoms with E-state index < -0.39 is 35.4 Å². The number of hydrogen-bond acceptors (Lipinski definition) is 7. The molecule has 36 heavy (non-hydrogen) atoms. The maximum atomic E-state index is 13.3. The van der Waals surface area contributed by atoms with Crippen LogP contribution in [-0.4, -0.2) is 44.8 Å². The molecule has 1 fully saturated rings. The second-order valence-corrected chi connectivity index (χ2v) is 9.26. The quantitative estimate of drug-likeness (QED) is 0.391. The van der Waals surface area contributed by atoms with Gasteiger partial charge in [-0.3, -0.25) is 0 Å². The van der Waals surface area contributed by atoms with E-state index in [1.54, 1.807) is 26.8 Å². The number of anilines is 3. The third kappa shape index (κ3) is 7.49. The van der Waals surface area contributed by atoms with Gasteiger partial charge in [0.1, 0.15) is 23.0 Å². The molecule has 1 atom stereocenters. The number of benzene rings is 1. The molecule has 0 saturated heterocycles. The van der Waals surface area contributed by atoms with Crippen LogP contribution in [0.15, 0.2) is 24.4 Å². The summed E-state index contributed by atoms with van der Waals surface area (Å²) in [5.74, 6) is 0.773. The number of hydrogen-bond donors (Lipinski definition) is 4. The number of aliphatic carboxylic acids is 1. The van der Waals surface area contributed by atoms with Crippen LogP contribution in [0.4, 0.5) is 35.4 Å². The van der Waals surface area contributed by atoms with Crippen molar-refractivity contribution in [3.8, 4) is 12.3 Å². The molecule has 12 heteroatoms. The smallest absolute Gasteiger partial charge is 0.421 e. The van der Waals surface area contributed by atoms with Crippen molar-refractivity contribution in [2.24, 2.45) is 0 Å². The van der Waals surface area contributed by atoms with Crippen molar-refractivity contribution in [3.05, 3.63) is 41.1 Å². The summed E-state index contributed by atoms with van der Waals surface area (Å²) in [5, 5.41) is 17.4. The molecule has 4 N–H and O–H groups in total. The fourth-order valence-corrected chi connectivity index (χ4v) is 3.13. The monoisotopic (exact) mass is 505 g/mol. The van der Waals surface area contributed by atoms with Crippen LogP contribution in [0, 0.1) is 12.3 Å². The molecule has 0 bridgehead atoms. The third-order valence-electron chi connectivity index (χ3n) is 4.93. The summed E-state index contributed by atoms with van der Waals surface area (Å²) in [7, 11) is 0. The largest absolute Gasteiger partial charge is 0.480 e. The molecule has 1 saturated carbocycles. The van der Waals surface area contributed by atoms with Gasteiger partial charge in [0, 0.05) is 24.2 Å². The molecule has 3 rings (SSSR count). The molecule has 1 aliphatic carbocycles. The number of amides is 1. The highest BCUT2D eigenvalue weighted by Crippen LogP contribution is 2.36. The lowest BCUT2D eigenvalue weighted by Gasteiger charge is -2.22. The van der Waals surface area contributed by atoms with Gasteiger partial charge in [-0.25, -0.2) is 14.6 Å². The van der Waals surface area contributed by atoms with Gasteiger partial charge >= 0.3 is 18.2 Å². The lowest BCUT2D eigenvalue weighted by Crippen LogP contribution is -2.44. The normalized spacial score (nSPS) is 14.4. The second-order valence-electron chi connectivity index (χ2n) is 9.26. The number of carboxylic acids is 1. The van der Waals surface area contributed by atoms with Gasteiger partial charge < -0.3 is 25.8 Å². The van der Waals surface area contributed by atoms with E-state index in [4.69, 9.17) is 11.2 Å². The fraction of sp³-hybridized carbons (Fsp3) is 0.417. The Morgan fingerprint density at radius 2 is 1.97 bits per heavy atom. The molecule has 1 aromatic heterocycles. The van der Waals surface area contributed by atoms with Gasteiger partial charge in [0.15, 0.2) is 0 Å². The Hall–Kier alpha value is -4.01. The number of carbonyl (C=O) groups is 2. The molecule has 1 aromatic carbocycles. The molecule has 1 aliphatic rings. The molecule has 0 aliphatic heterocycles. The van der Waals surface area contributed by atoms with Crippen molar-refractivity contribution in [3.63, 3.8) is 0 Å². The summed E-state index contributed by atoms with van der Waals surface area (Å²) < 4.78 is 45.1. The Morgan fingerprint density at radius 1 is 1.28 bits per heavy atom. The highest BCUT2D eigenvalue weighted by atomic mass is 19.4. The van der Waals surface area contributed by atoms with Crippen LogP contribution in [0.25, 0.3) is 0 Å². The third-order valence-corrected chi connectivity index (χ3v) is 4.93. The number of aromatic nitrogens is 2. The van der Waals surface area contributed by atoms with Crippen LogP contribution in [0.1, 0.15) is 50.3 Å². The second kappa shape index (κ2) is 10.3. The zero-order chi connectivity index (χ0) is 26.7. The van der Waals surface area contributed by atoms with Gasteiger partial charge in [-0.1, -0.05) is 12.0 Å². The number of carbonyl (C=O) groups excluding carboxylic acids is 1. The lowest BCUT2D eigenvalue weighted by atomic mass is 10.0. The standard InChI is InChI=1S/C24H26F3N5O4/c1-5-14-10-13(11-18(20(33)34)31-22(35)36-23(2,3)4)6-9-17(14)30-21-28-12-16(24(25,26)27)19(32-21)29-15-7-8-15/h1,6,9-10,12,15,18H,7-8,11H2,2-4H3,(H,31,35)(H,33,34)(H2,28,29,30,32). The van der Waals surface area contributed by atoms with Gasteiger partial charge in [0.25, 0.3) is 0 Å². The van der Waals surface area contributed by atoms with Crippen LogP contribution in [0.2, 0.25) is 0 Å². The van der Waals surface area contributed by atoms with E-state index in [9.17, 15) is 27.9 Å². The summed E-state index contributed by atoms with van der Waals surface area (Å²) in [4.78, 5) is 31.4. The summed E-state index contributed by atoms with van der Waals surface area (Å²) in [6.45, 7) is 4.95. The van der Waals surface area contributed by atoms with Crippen LogP contribution in [0.3, 0.4) is 0 Å². The van der Waals surface area contributed by atoms with Gasteiger partial charge in [-0.05, 0) is 51.3 Å². The minimum Gasteiger partial charge on any atom is -0.480 e. The first-order valence-corrected chi connectivity index (χ1v) is 11.0. The number of nitrogens with zero attached hydrogens (tertiary/aromatic N) is 2. The Balaban J connectivity index is 1.78. The SMILES string of the molecule is C#Cc1cc(CC(NC(=O)OC(C)(C)C)C(=O)O)ccc1Nc1ncc(C(F)(F)F)c(NC2CC2)n1. The Bertz CT molecular complexity index is 1180. The number of rotatable bonds is 8. The molecule has 2 aromatic rings. The van der Waals surface area contributed by atoms with Crippen LogP contribution >= 0.6 is 0 Å². The zero-order valence-corrected chi connectivity index (χ0v) is 19.9. The molecule has 192 valence electrons. The number of carboxylic acid groups (broad SMARTS) is 1. The number of terminal acetylenes is 1. The number of ether oxygens (including phenoxy) is 1. The fourth-order valence-electron chi connectivity index (χ4n) is 3.13. The number of alkyl halides is 3. The van der Waals surface area contributed by atoms with Gasteiger partial charge in [-0.2, -0.15) is 18.2 Å².